The third-order valence-electron chi connectivity index (χ3n) is 2.47. The van der Waals surface area contributed by atoms with E-state index in [0.29, 0.717) is 5.69 Å². The fourth-order valence-electron chi connectivity index (χ4n) is 1.41. The number of anilines is 1. The molecule has 2 heterocycles. The maximum absolute atomic E-state index is 11.9. The predicted octanol–water partition coefficient (Wildman–Crippen LogP) is 0.571. The molecule has 1 amide bonds. The molecule has 0 bridgehead atoms. The largest absolute Gasteiger partial charge is 0.478 e. The van der Waals surface area contributed by atoms with E-state index in [1.54, 1.807) is 6.92 Å². The summed E-state index contributed by atoms with van der Waals surface area (Å²) in [7, 11) is 0. The van der Waals surface area contributed by atoms with Crippen molar-refractivity contribution in [3.63, 3.8) is 0 Å². The molecule has 1 atom stereocenters. The summed E-state index contributed by atoms with van der Waals surface area (Å²) in [6.45, 7) is 1.65. The van der Waals surface area contributed by atoms with Gasteiger partial charge in [-0.1, -0.05) is 0 Å². The summed E-state index contributed by atoms with van der Waals surface area (Å²) in [6.07, 6.45) is 5.34. The first-order chi connectivity index (χ1) is 9.08. The summed E-state index contributed by atoms with van der Waals surface area (Å²) < 4.78 is 1.39. The number of aromatic carboxylic acids is 1. The Bertz CT molecular complexity index is 596. The van der Waals surface area contributed by atoms with Gasteiger partial charge in [0.15, 0.2) is 0 Å². The molecule has 19 heavy (non-hydrogen) atoms. The number of carboxylic acids is 1. The number of carbonyl (C=O) groups excluding carboxylic acids is 1. The molecule has 2 aromatic heterocycles. The summed E-state index contributed by atoms with van der Waals surface area (Å²) >= 11 is 0. The summed E-state index contributed by atoms with van der Waals surface area (Å²) in [5, 5.41) is 15.3. The molecule has 2 rings (SSSR count). The normalized spacial score (nSPS) is 11.8. The number of amides is 1. The van der Waals surface area contributed by atoms with Crippen molar-refractivity contribution < 1.29 is 14.7 Å². The highest BCUT2D eigenvalue weighted by atomic mass is 16.4. The predicted molar refractivity (Wildman–Crippen MR) is 64.6 cm³/mol. The van der Waals surface area contributed by atoms with Gasteiger partial charge in [0, 0.05) is 6.20 Å². The molecule has 8 nitrogen and oxygen atoms in total. The van der Waals surface area contributed by atoms with E-state index in [2.05, 4.69) is 20.4 Å². The van der Waals surface area contributed by atoms with Crippen molar-refractivity contribution in [2.24, 2.45) is 0 Å². The molecule has 0 saturated carbocycles. The van der Waals surface area contributed by atoms with E-state index in [9.17, 15) is 9.59 Å². The van der Waals surface area contributed by atoms with Crippen LogP contribution in [0.1, 0.15) is 23.3 Å². The maximum atomic E-state index is 11.9. The monoisotopic (exact) mass is 261 g/mol. The number of pyridine rings is 1. The molecule has 8 heteroatoms. The van der Waals surface area contributed by atoms with Gasteiger partial charge in [-0.25, -0.2) is 14.5 Å². The zero-order chi connectivity index (χ0) is 13.8. The number of aromatic nitrogens is 4. The lowest BCUT2D eigenvalue weighted by Gasteiger charge is -2.11. The number of hydrogen-bond acceptors (Lipinski definition) is 5. The Balaban J connectivity index is 2.11. The van der Waals surface area contributed by atoms with Gasteiger partial charge in [0.05, 0.1) is 17.4 Å². The van der Waals surface area contributed by atoms with E-state index in [-0.39, 0.29) is 11.5 Å². The van der Waals surface area contributed by atoms with Crippen LogP contribution in [0.25, 0.3) is 0 Å². The Morgan fingerprint density at radius 2 is 2.16 bits per heavy atom. The fraction of sp³-hybridized carbons (Fsp3) is 0.182. The molecule has 2 N–H and O–H groups in total. The van der Waals surface area contributed by atoms with Crippen molar-refractivity contribution >= 4 is 17.6 Å². The molecule has 0 aromatic carbocycles. The molecule has 0 aliphatic heterocycles. The Labute approximate surface area is 108 Å². The lowest BCUT2D eigenvalue weighted by atomic mass is 10.2. The molecule has 0 fully saturated rings. The minimum atomic E-state index is -1.10. The van der Waals surface area contributed by atoms with Crippen LogP contribution in [0.4, 0.5) is 5.69 Å². The van der Waals surface area contributed by atoms with Gasteiger partial charge in [-0.15, -0.1) is 0 Å². The topological polar surface area (TPSA) is 110 Å². The average molecular weight is 261 g/mol. The standard InChI is InChI=1S/C11H11N5O3/c1-7(16-6-13-5-14-16)10(17)15-9-2-8(11(18)19)3-12-4-9/h2-7H,1H3,(H,15,17)(H,18,19). The number of nitrogens with one attached hydrogen (secondary N) is 1. The second-order valence-corrected chi connectivity index (χ2v) is 3.81. The van der Waals surface area contributed by atoms with E-state index in [1.165, 1.54) is 35.8 Å². The average Bonchev–Trinajstić information content (AvgIpc) is 2.92. The molecule has 0 radical (unpaired) electrons. The molecule has 2 aromatic rings. The van der Waals surface area contributed by atoms with Gasteiger partial charge in [0.1, 0.15) is 18.7 Å². The van der Waals surface area contributed by atoms with Crippen molar-refractivity contribution in [1.29, 1.82) is 0 Å². The Morgan fingerprint density at radius 1 is 1.37 bits per heavy atom. The van der Waals surface area contributed by atoms with Gasteiger partial charge in [-0.3, -0.25) is 9.78 Å². The van der Waals surface area contributed by atoms with E-state index < -0.39 is 12.0 Å². The number of hydrogen-bond donors (Lipinski definition) is 2. The molecule has 1 unspecified atom stereocenters. The zero-order valence-corrected chi connectivity index (χ0v) is 10.0. The van der Waals surface area contributed by atoms with Crippen LogP contribution in [0.3, 0.4) is 0 Å². The minimum Gasteiger partial charge on any atom is -0.478 e. The van der Waals surface area contributed by atoms with Crippen molar-refractivity contribution in [1.82, 2.24) is 19.7 Å². The van der Waals surface area contributed by atoms with Crippen LogP contribution in [0.5, 0.6) is 0 Å². The van der Waals surface area contributed by atoms with Gasteiger partial charge >= 0.3 is 5.97 Å². The fourth-order valence-corrected chi connectivity index (χ4v) is 1.41. The summed E-state index contributed by atoms with van der Waals surface area (Å²) in [5.74, 6) is -1.44. The molecule has 0 saturated heterocycles. The molecular formula is C11H11N5O3. The smallest absolute Gasteiger partial charge is 0.337 e. The molecule has 0 aliphatic rings. The summed E-state index contributed by atoms with van der Waals surface area (Å²) in [4.78, 5) is 30.2. The lowest BCUT2D eigenvalue weighted by molar-refractivity contribution is -0.119. The third-order valence-corrected chi connectivity index (χ3v) is 2.47. The van der Waals surface area contributed by atoms with Crippen LogP contribution in [0.2, 0.25) is 0 Å². The van der Waals surface area contributed by atoms with Crippen molar-refractivity contribution in [3.8, 4) is 0 Å². The van der Waals surface area contributed by atoms with Gasteiger partial charge in [-0.2, -0.15) is 5.10 Å². The minimum absolute atomic E-state index is 0.00575. The highest BCUT2D eigenvalue weighted by Crippen LogP contribution is 2.11. The van der Waals surface area contributed by atoms with Gasteiger partial charge in [0.2, 0.25) is 5.91 Å². The van der Waals surface area contributed by atoms with Crippen LogP contribution in [-0.2, 0) is 4.79 Å². The second-order valence-electron chi connectivity index (χ2n) is 3.81. The third kappa shape index (κ3) is 2.92. The first-order valence-corrected chi connectivity index (χ1v) is 5.41. The van der Waals surface area contributed by atoms with Crippen LogP contribution < -0.4 is 5.32 Å². The highest BCUT2D eigenvalue weighted by Gasteiger charge is 2.16. The number of nitrogens with zero attached hydrogens (tertiary/aromatic N) is 4. The second kappa shape index (κ2) is 5.25. The van der Waals surface area contributed by atoms with Crippen LogP contribution in [0, 0.1) is 0 Å². The van der Waals surface area contributed by atoms with Crippen LogP contribution in [-0.4, -0.2) is 36.7 Å². The van der Waals surface area contributed by atoms with Crippen LogP contribution >= 0.6 is 0 Å². The van der Waals surface area contributed by atoms with Gasteiger partial charge in [-0.05, 0) is 13.0 Å². The van der Waals surface area contributed by atoms with Crippen molar-refractivity contribution in [3.05, 3.63) is 36.7 Å². The van der Waals surface area contributed by atoms with Gasteiger partial charge in [0.25, 0.3) is 0 Å². The number of carboxylic acid groups (broad SMARTS) is 1. The van der Waals surface area contributed by atoms with E-state index in [1.807, 2.05) is 0 Å². The summed E-state index contributed by atoms with van der Waals surface area (Å²) in [5.41, 5.74) is 0.322. The quantitative estimate of drug-likeness (QED) is 0.832. The lowest BCUT2D eigenvalue weighted by Crippen LogP contribution is -2.24. The molecule has 0 spiro atoms. The maximum Gasteiger partial charge on any atom is 0.337 e. The first kappa shape index (κ1) is 12.7. The van der Waals surface area contributed by atoms with Crippen LogP contribution in [0.15, 0.2) is 31.1 Å². The summed E-state index contributed by atoms with van der Waals surface area (Å²) in [6, 6.07) is 0.775. The number of carbonyl (C=O) groups is 2. The highest BCUT2D eigenvalue weighted by molar-refractivity contribution is 5.95. The zero-order valence-electron chi connectivity index (χ0n) is 10.0. The Morgan fingerprint density at radius 3 is 2.79 bits per heavy atom. The van der Waals surface area contributed by atoms with Crippen molar-refractivity contribution in [2.75, 3.05) is 5.32 Å². The number of rotatable bonds is 4. The van der Waals surface area contributed by atoms with Gasteiger partial charge < -0.3 is 10.4 Å². The Kier molecular flexibility index (Phi) is 3.51. The van der Waals surface area contributed by atoms with E-state index in [4.69, 9.17) is 5.11 Å². The van der Waals surface area contributed by atoms with E-state index >= 15 is 0 Å². The molecular weight excluding hydrogens is 250 g/mol. The molecule has 0 aliphatic carbocycles. The SMILES string of the molecule is CC(C(=O)Nc1cncc(C(=O)O)c1)n1cncn1. The first-order valence-electron chi connectivity index (χ1n) is 5.41. The Hall–Kier alpha value is -2.77. The van der Waals surface area contributed by atoms with E-state index in [0.717, 1.165) is 0 Å². The molecule has 98 valence electrons. The van der Waals surface area contributed by atoms with Crippen molar-refractivity contribution in [2.45, 2.75) is 13.0 Å².